The molecule has 1 aromatic rings. The average molecular weight is 275 g/mol. The van der Waals surface area contributed by atoms with Gasteiger partial charge in [-0.1, -0.05) is 30.3 Å². The van der Waals surface area contributed by atoms with E-state index in [-0.39, 0.29) is 5.91 Å². The lowest BCUT2D eigenvalue weighted by atomic mass is 10.2. The highest BCUT2D eigenvalue weighted by atomic mass is 16.2. The van der Waals surface area contributed by atoms with Crippen LogP contribution in [-0.4, -0.2) is 48.4 Å². The summed E-state index contributed by atoms with van der Waals surface area (Å²) in [5.74, 6) is 0.214. The smallest absolute Gasteiger partial charge is 0.224 e. The minimum atomic E-state index is 0.214. The first kappa shape index (κ1) is 15.0. The van der Waals surface area contributed by atoms with E-state index >= 15 is 0 Å². The predicted octanol–water partition coefficient (Wildman–Crippen LogP) is 1.46. The summed E-state index contributed by atoms with van der Waals surface area (Å²) in [7, 11) is 0. The van der Waals surface area contributed by atoms with Crippen molar-refractivity contribution in [3.05, 3.63) is 35.9 Å². The molecule has 1 aromatic carbocycles. The van der Waals surface area contributed by atoms with Crippen molar-refractivity contribution in [3.63, 3.8) is 0 Å². The van der Waals surface area contributed by atoms with Crippen LogP contribution in [-0.2, 0) is 11.3 Å². The second-order valence-corrected chi connectivity index (χ2v) is 5.39. The molecule has 0 bridgehead atoms. The summed E-state index contributed by atoms with van der Waals surface area (Å²) >= 11 is 0. The molecule has 2 rings (SSSR count). The fraction of sp³-hybridized carbons (Fsp3) is 0.562. The van der Waals surface area contributed by atoms with Gasteiger partial charge in [0.25, 0.3) is 0 Å². The Morgan fingerprint density at radius 1 is 1.20 bits per heavy atom. The Balaban J connectivity index is 1.84. The average Bonchev–Trinajstić information content (AvgIpc) is 2.99. The van der Waals surface area contributed by atoms with Gasteiger partial charge in [0.2, 0.25) is 5.91 Å². The normalized spacial score (nSPS) is 15.4. The van der Waals surface area contributed by atoms with Crippen molar-refractivity contribution in [1.29, 1.82) is 0 Å². The van der Waals surface area contributed by atoms with Crippen molar-refractivity contribution in [1.82, 2.24) is 9.80 Å². The summed E-state index contributed by atoms with van der Waals surface area (Å²) in [6.45, 7) is 4.98. The first-order valence-electron chi connectivity index (χ1n) is 7.53. The maximum absolute atomic E-state index is 12.3. The summed E-state index contributed by atoms with van der Waals surface area (Å²) in [4.78, 5) is 16.6. The van der Waals surface area contributed by atoms with Crippen LogP contribution < -0.4 is 5.73 Å². The summed E-state index contributed by atoms with van der Waals surface area (Å²) < 4.78 is 0. The number of likely N-dealkylation sites (tertiary alicyclic amines) is 1. The van der Waals surface area contributed by atoms with Crippen molar-refractivity contribution in [2.45, 2.75) is 25.8 Å². The molecule has 1 fully saturated rings. The van der Waals surface area contributed by atoms with Gasteiger partial charge in [0, 0.05) is 32.6 Å². The summed E-state index contributed by atoms with van der Waals surface area (Å²) in [5.41, 5.74) is 6.80. The fourth-order valence-electron chi connectivity index (χ4n) is 2.67. The van der Waals surface area contributed by atoms with Crippen molar-refractivity contribution in [3.8, 4) is 0 Å². The highest BCUT2D eigenvalue weighted by Gasteiger charge is 2.16. The van der Waals surface area contributed by atoms with E-state index in [0.29, 0.717) is 26.1 Å². The quantitative estimate of drug-likeness (QED) is 0.819. The molecule has 1 aliphatic rings. The van der Waals surface area contributed by atoms with Gasteiger partial charge in [-0.25, -0.2) is 0 Å². The molecule has 0 aromatic heterocycles. The van der Waals surface area contributed by atoms with E-state index in [4.69, 9.17) is 5.73 Å². The predicted molar refractivity (Wildman–Crippen MR) is 81.2 cm³/mol. The standard InChI is InChI=1S/C16H25N3O/c17-9-13-19(14-15-6-2-1-3-7-15)16(20)8-12-18-10-4-5-11-18/h1-3,6-7H,4-5,8-14,17H2. The third kappa shape index (κ3) is 4.62. The first-order chi connectivity index (χ1) is 9.79. The lowest BCUT2D eigenvalue weighted by Gasteiger charge is -2.23. The Morgan fingerprint density at radius 3 is 2.55 bits per heavy atom. The number of hydrogen-bond acceptors (Lipinski definition) is 3. The monoisotopic (exact) mass is 275 g/mol. The van der Waals surface area contributed by atoms with Crippen molar-refractivity contribution >= 4 is 5.91 Å². The first-order valence-corrected chi connectivity index (χ1v) is 7.53. The zero-order valence-corrected chi connectivity index (χ0v) is 12.1. The molecule has 0 radical (unpaired) electrons. The number of amides is 1. The van der Waals surface area contributed by atoms with Crippen LogP contribution in [0.4, 0.5) is 0 Å². The lowest BCUT2D eigenvalue weighted by Crippen LogP contribution is -2.36. The maximum atomic E-state index is 12.3. The summed E-state index contributed by atoms with van der Waals surface area (Å²) in [6.07, 6.45) is 3.14. The van der Waals surface area contributed by atoms with Crippen LogP contribution in [0.3, 0.4) is 0 Å². The van der Waals surface area contributed by atoms with Gasteiger partial charge in [-0.2, -0.15) is 0 Å². The molecule has 4 nitrogen and oxygen atoms in total. The molecular formula is C16H25N3O. The van der Waals surface area contributed by atoms with Crippen LogP contribution >= 0.6 is 0 Å². The van der Waals surface area contributed by atoms with Crippen LogP contribution in [0.2, 0.25) is 0 Å². The van der Waals surface area contributed by atoms with Crippen molar-refractivity contribution in [2.24, 2.45) is 5.73 Å². The second-order valence-electron chi connectivity index (χ2n) is 5.39. The third-order valence-electron chi connectivity index (χ3n) is 3.81. The van der Waals surface area contributed by atoms with Gasteiger partial charge >= 0.3 is 0 Å². The molecule has 2 N–H and O–H groups in total. The molecule has 0 spiro atoms. The second kappa shape index (κ2) is 8.02. The van der Waals surface area contributed by atoms with Gasteiger partial charge in [-0.3, -0.25) is 4.79 Å². The third-order valence-corrected chi connectivity index (χ3v) is 3.81. The van der Waals surface area contributed by atoms with Gasteiger partial charge in [0.1, 0.15) is 0 Å². The van der Waals surface area contributed by atoms with Crippen molar-refractivity contribution in [2.75, 3.05) is 32.7 Å². The van der Waals surface area contributed by atoms with E-state index in [1.165, 1.54) is 12.8 Å². The number of carbonyl (C=O) groups is 1. The lowest BCUT2D eigenvalue weighted by molar-refractivity contribution is -0.132. The van der Waals surface area contributed by atoms with Crippen LogP contribution in [0, 0.1) is 0 Å². The van der Waals surface area contributed by atoms with Crippen LogP contribution in [0.5, 0.6) is 0 Å². The van der Waals surface area contributed by atoms with Crippen LogP contribution in [0.1, 0.15) is 24.8 Å². The highest BCUT2D eigenvalue weighted by Crippen LogP contribution is 2.10. The zero-order chi connectivity index (χ0) is 14.2. The van der Waals surface area contributed by atoms with Gasteiger partial charge in [-0.15, -0.1) is 0 Å². The Kier molecular flexibility index (Phi) is 6.02. The van der Waals surface area contributed by atoms with Crippen LogP contribution in [0.15, 0.2) is 30.3 Å². The SMILES string of the molecule is NCCN(Cc1ccccc1)C(=O)CCN1CCCC1. The van der Waals surface area contributed by atoms with E-state index in [2.05, 4.69) is 17.0 Å². The number of carbonyl (C=O) groups excluding carboxylic acids is 1. The molecular weight excluding hydrogens is 250 g/mol. The van der Waals surface area contributed by atoms with E-state index in [0.717, 1.165) is 25.2 Å². The van der Waals surface area contributed by atoms with Gasteiger partial charge < -0.3 is 15.5 Å². The largest absolute Gasteiger partial charge is 0.337 e. The van der Waals surface area contributed by atoms with E-state index in [9.17, 15) is 4.79 Å². The Labute approximate surface area is 121 Å². The molecule has 1 heterocycles. The molecule has 1 amide bonds. The summed E-state index contributed by atoms with van der Waals surface area (Å²) in [6, 6.07) is 10.1. The van der Waals surface area contributed by atoms with Gasteiger partial charge in [0.05, 0.1) is 0 Å². The fourth-order valence-corrected chi connectivity index (χ4v) is 2.67. The topological polar surface area (TPSA) is 49.6 Å². The van der Waals surface area contributed by atoms with E-state index < -0.39 is 0 Å². The molecule has 1 saturated heterocycles. The molecule has 0 saturated carbocycles. The number of nitrogens with two attached hydrogens (primary N) is 1. The van der Waals surface area contributed by atoms with Gasteiger partial charge in [0.15, 0.2) is 0 Å². The van der Waals surface area contributed by atoms with Crippen LogP contribution in [0.25, 0.3) is 0 Å². The minimum Gasteiger partial charge on any atom is -0.337 e. The number of benzene rings is 1. The molecule has 0 aliphatic carbocycles. The number of hydrogen-bond donors (Lipinski definition) is 1. The number of nitrogens with zero attached hydrogens (tertiary/aromatic N) is 2. The maximum Gasteiger partial charge on any atom is 0.224 e. The summed E-state index contributed by atoms with van der Waals surface area (Å²) in [5, 5.41) is 0. The molecule has 0 unspecified atom stereocenters. The van der Waals surface area contributed by atoms with Crippen molar-refractivity contribution < 1.29 is 4.79 Å². The Bertz CT molecular complexity index is 401. The Morgan fingerprint density at radius 2 is 1.90 bits per heavy atom. The molecule has 110 valence electrons. The molecule has 0 atom stereocenters. The Hall–Kier alpha value is -1.39. The highest BCUT2D eigenvalue weighted by molar-refractivity contribution is 5.76. The molecule has 4 heteroatoms. The molecule has 20 heavy (non-hydrogen) atoms. The molecule has 1 aliphatic heterocycles. The number of rotatable bonds is 7. The van der Waals surface area contributed by atoms with Gasteiger partial charge in [-0.05, 0) is 31.5 Å². The zero-order valence-electron chi connectivity index (χ0n) is 12.1. The van der Waals surface area contributed by atoms with E-state index in [1.807, 2.05) is 23.1 Å². The minimum absolute atomic E-state index is 0.214. The van der Waals surface area contributed by atoms with E-state index in [1.54, 1.807) is 0 Å².